The number of unbranched alkanes of at least 4 members (excludes halogenated alkanes) is 1. The van der Waals surface area contributed by atoms with Gasteiger partial charge in [-0.2, -0.15) is 0 Å². The monoisotopic (exact) mass is 518 g/mol. The lowest BCUT2D eigenvalue weighted by Crippen LogP contribution is -2.28. The Morgan fingerprint density at radius 1 is 0.974 bits per heavy atom. The second kappa shape index (κ2) is 11.6. The third-order valence-corrected chi connectivity index (χ3v) is 7.06. The number of rotatable bonds is 11. The third-order valence-electron chi connectivity index (χ3n) is 7.06. The smallest absolute Gasteiger partial charge is 0.407 e. The van der Waals surface area contributed by atoms with Crippen molar-refractivity contribution < 1.29 is 23.5 Å². The molecule has 0 spiro atoms. The fourth-order valence-electron chi connectivity index (χ4n) is 4.59. The molecule has 1 atom stereocenters. The predicted octanol–water partition coefficient (Wildman–Crippen LogP) is 4.82. The number of nitrogens with one attached hydrogen (secondary N) is 2. The maximum atomic E-state index is 12.4. The van der Waals surface area contributed by atoms with Crippen LogP contribution in [0.25, 0.3) is 11.1 Å². The second-order valence-corrected chi connectivity index (χ2v) is 10.1. The van der Waals surface area contributed by atoms with Gasteiger partial charge in [-0.05, 0) is 62.3 Å². The van der Waals surface area contributed by atoms with Crippen molar-refractivity contribution in [1.82, 2.24) is 20.8 Å². The molecule has 200 valence electrons. The molecule has 9 heteroatoms. The van der Waals surface area contributed by atoms with E-state index in [1.54, 1.807) is 13.8 Å². The topological polar surface area (TPSA) is 123 Å². The molecule has 2 aromatic carbocycles. The fourth-order valence-corrected chi connectivity index (χ4v) is 4.59. The van der Waals surface area contributed by atoms with Crippen LogP contribution in [0, 0.1) is 0 Å². The molecule has 38 heavy (non-hydrogen) atoms. The van der Waals surface area contributed by atoms with Crippen LogP contribution >= 0.6 is 0 Å². The molecule has 0 fully saturated rings. The Kier molecular flexibility index (Phi) is 8.24. The van der Waals surface area contributed by atoms with Gasteiger partial charge in [-0.15, -0.1) is 10.2 Å². The van der Waals surface area contributed by atoms with Crippen LogP contribution in [0.3, 0.4) is 0 Å². The first-order chi connectivity index (χ1) is 18.2. The van der Waals surface area contributed by atoms with Gasteiger partial charge >= 0.3 is 6.09 Å². The molecule has 1 heterocycles. The molecule has 0 saturated carbocycles. The zero-order valence-electron chi connectivity index (χ0n) is 22.2. The SMILES string of the molecule is CC(=O)NC(CCCCNC(=O)OCC1c2ccccc2-c2ccccc21)c1nnc(C(C)(C)C(C)=O)o1. The van der Waals surface area contributed by atoms with Crippen molar-refractivity contribution in [2.45, 2.75) is 64.3 Å². The van der Waals surface area contributed by atoms with E-state index in [4.69, 9.17) is 9.15 Å². The highest BCUT2D eigenvalue weighted by atomic mass is 16.5. The average molecular weight is 519 g/mol. The Morgan fingerprint density at radius 2 is 1.61 bits per heavy atom. The highest BCUT2D eigenvalue weighted by Gasteiger charge is 2.34. The summed E-state index contributed by atoms with van der Waals surface area (Å²) in [7, 11) is 0. The van der Waals surface area contributed by atoms with Crippen LogP contribution in [0.2, 0.25) is 0 Å². The van der Waals surface area contributed by atoms with Crippen molar-refractivity contribution in [1.29, 1.82) is 0 Å². The number of aromatic nitrogens is 2. The van der Waals surface area contributed by atoms with Gasteiger partial charge in [0, 0.05) is 19.4 Å². The van der Waals surface area contributed by atoms with Crippen LogP contribution in [-0.4, -0.2) is 41.1 Å². The van der Waals surface area contributed by atoms with Crippen molar-refractivity contribution in [3.05, 3.63) is 71.4 Å². The molecule has 1 aliphatic carbocycles. The number of ketones is 1. The van der Waals surface area contributed by atoms with Crippen LogP contribution < -0.4 is 10.6 Å². The van der Waals surface area contributed by atoms with Crippen LogP contribution in [0.15, 0.2) is 52.9 Å². The van der Waals surface area contributed by atoms with E-state index >= 15 is 0 Å². The molecule has 9 nitrogen and oxygen atoms in total. The minimum Gasteiger partial charge on any atom is -0.449 e. The molecule has 1 aliphatic rings. The zero-order chi connectivity index (χ0) is 27.3. The minimum absolute atomic E-state index is 0.0128. The number of carbonyl (C=O) groups is 3. The van der Waals surface area contributed by atoms with Crippen LogP contribution in [0.1, 0.15) is 81.8 Å². The Balaban J connectivity index is 1.25. The summed E-state index contributed by atoms with van der Waals surface area (Å²) in [5.41, 5.74) is 3.80. The van der Waals surface area contributed by atoms with Gasteiger partial charge in [0.1, 0.15) is 23.8 Å². The molecular weight excluding hydrogens is 484 g/mol. The molecule has 3 aromatic rings. The third kappa shape index (κ3) is 5.93. The summed E-state index contributed by atoms with van der Waals surface area (Å²) >= 11 is 0. The Labute approximate surface area is 222 Å². The van der Waals surface area contributed by atoms with Crippen molar-refractivity contribution in [3.8, 4) is 11.1 Å². The quantitative estimate of drug-likeness (QED) is 0.349. The standard InChI is InChI=1S/C29H34N4O5/c1-18(34)29(3,4)27-33-32-26(38-27)25(31-19(2)35)15-9-10-16-30-28(36)37-17-24-22-13-7-5-11-20(22)21-12-6-8-14-23(21)24/h5-8,11-14,24-25H,9-10,15-17H2,1-4H3,(H,30,36)(H,31,35). The second-order valence-electron chi connectivity index (χ2n) is 10.1. The zero-order valence-corrected chi connectivity index (χ0v) is 22.2. The first-order valence-corrected chi connectivity index (χ1v) is 12.9. The summed E-state index contributed by atoms with van der Waals surface area (Å²) in [6.07, 6.45) is 1.43. The summed E-state index contributed by atoms with van der Waals surface area (Å²) in [6, 6.07) is 15.9. The summed E-state index contributed by atoms with van der Waals surface area (Å²) in [6.45, 7) is 7.02. The molecular formula is C29H34N4O5. The van der Waals surface area contributed by atoms with Gasteiger partial charge < -0.3 is 19.8 Å². The van der Waals surface area contributed by atoms with E-state index in [1.807, 2.05) is 24.3 Å². The maximum Gasteiger partial charge on any atom is 0.407 e. The first-order valence-electron chi connectivity index (χ1n) is 12.9. The Morgan fingerprint density at radius 3 is 2.21 bits per heavy atom. The minimum atomic E-state index is -0.904. The van der Waals surface area contributed by atoms with E-state index in [2.05, 4.69) is 45.1 Å². The van der Waals surface area contributed by atoms with E-state index in [0.717, 1.165) is 0 Å². The fraction of sp³-hybridized carbons (Fsp3) is 0.414. The van der Waals surface area contributed by atoms with E-state index < -0.39 is 17.6 Å². The molecule has 0 bridgehead atoms. The van der Waals surface area contributed by atoms with Gasteiger partial charge in [0.25, 0.3) is 0 Å². The van der Waals surface area contributed by atoms with Crippen molar-refractivity contribution >= 4 is 17.8 Å². The number of alkyl carbamates (subject to hydrolysis) is 1. The van der Waals surface area contributed by atoms with Crippen LogP contribution in [-0.2, 0) is 19.7 Å². The molecule has 1 unspecified atom stereocenters. The number of amides is 2. The van der Waals surface area contributed by atoms with Crippen LogP contribution in [0.5, 0.6) is 0 Å². The predicted molar refractivity (Wildman–Crippen MR) is 141 cm³/mol. The summed E-state index contributed by atoms with van der Waals surface area (Å²) < 4.78 is 11.3. The van der Waals surface area contributed by atoms with Gasteiger partial charge in [0.2, 0.25) is 17.7 Å². The molecule has 2 amide bonds. The van der Waals surface area contributed by atoms with Gasteiger partial charge in [-0.25, -0.2) is 4.79 Å². The highest BCUT2D eigenvalue weighted by molar-refractivity contribution is 5.85. The summed E-state index contributed by atoms with van der Waals surface area (Å²) in [4.78, 5) is 36.0. The normalized spacial score (nSPS) is 13.4. The summed E-state index contributed by atoms with van der Waals surface area (Å²) in [5.74, 6) is 0.167. The Bertz CT molecular complexity index is 1270. The maximum absolute atomic E-state index is 12.4. The number of ether oxygens (including phenoxy) is 1. The molecule has 0 aliphatic heterocycles. The van der Waals surface area contributed by atoms with Crippen LogP contribution in [0.4, 0.5) is 4.79 Å². The molecule has 2 N–H and O–H groups in total. The number of benzene rings is 2. The van der Waals surface area contributed by atoms with E-state index in [0.29, 0.717) is 25.8 Å². The van der Waals surface area contributed by atoms with Crippen molar-refractivity contribution in [3.63, 3.8) is 0 Å². The first kappa shape index (κ1) is 27.0. The highest BCUT2D eigenvalue weighted by Crippen LogP contribution is 2.44. The average Bonchev–Trinajstić information content (AvgIpc) is 3.50. The largest absolute Gasteiger partial charge is 0.449 e. The molecule has 4 rings (SSSR count). The van der Waals surface area contributed by atoms with Gasteiger partial charge in [-0.3, -0.25) is 9.59 Å². The lowest BCUT2D eigenvalue weighted by molar-refractivity contribution is -0.122. The molecule has 0 radical (unpaired) electrons. The number of fused-ring (bicyclic) bond motifs is 3. The van der Waals surface area contributed by atoms with Crippen molar-refractivity contribution in [2.75, 3.05) is 13.2 Å². The number of Topliss-reactive ketones (excluding diaryl/α,β-unsaturated/α-hetero) is 1. The number of hydrogen-bond donors (Lipinski definition) is 2. The van der Waals surface area contributed by atoms with Gasteiger partial charge in [0.05, 0.1) is 0 Å². The lowest BCUT2D eigenvalue weighted by atomic mass is 9.89. The molecule has 1 aromatic heterocycles. The number of carbonyl (C=O) groups excluding carboxylic acids is 3. The van der Waals surface area contributed by atoms with E-state index in [1.165, 1.54) is 36.1 Å². The number of nitrogens with zero attached hydrogens (tertiary/aromatic N) is 2. The van der Waals surface area contributed by atoms with Gasteiger partial charge in [-0.1, -0.05) is 48.5 Å². The van der Waals surface area contributed by atoms with Gasteiger partial charge in [0.15, 0.2) is 0 Å². The number of hydrogen-bond acceptors (Lipinski definition) is 7. The Hall–Kier alpha value is -4.01. The molecule has 0 saturated heterocycles. The van der Waals surface area contributed by atoms with E-state index in [-0.39, 0.29) is 36.0 Å². The van der Waals surface area contributed by atoms with E-state index in [9.17, 15) is 14.4 Å². The van der Waals surface area contributed by atoms with Crippen molar-refractivity contribution in [2.24, 2.45) is 0 Å². The lowest BCUT2D eigenvalue weighted by Gasteiger charge is -2.17. The summed E-state index contributed by atoms with van der Waals surface area (Å²) in [5, 5.41) is 13.7.